The number of ether oxygens (including phenoxy) is 1. The van der Waals surface area contributed by atoms with Crippen LogP contribution in [0.5, 0.6) is 0 Å². The van der Waals surface area contributed by atoms with E-state index in [1.54, 1.807) is 34.6 Å². The van der Waals surface area contributed by atoms with Crippen molar-refractivity contribution in [2.75, 3.05) is 0 Å². The van der Waals surface area contributed by atoms with Crippen LogP contribution in [0.3, 0.4) is 0 Å². The molecule has 0 aliphatic heterocycles. The zero-order chi connectivity index (χ0) is 15.4. The maximum Gasteiger partial charge on any atom is 0.324 e. The van der Waals surface area contributed by atoms with E-state index in [0.717, 1.165) is 0 Å². The van der Waals surface area contributed by atoms with E-state index in [9.17, 15) is 14.4 Å². The summed E-state index contributed by atoms with van der Waals surface area (Å²) in [5.74, 6) is -2.73. The highest BCUT2D eigenvalue weighted by atomic mass is 16.6. The van der Waals surface area contributed by atoms with Crippen LogP contribution in [0.4, 0.5) is 0 Å². The Bertz CT molecular complexity index is 347. The van der Waals surface area contributed by atoms with E-state index >= 15 is 0 Å². The molecule has 6 heteroatoms. The van der Waals surface area contributed by atoms with Gasteiger partial charge in [0.1, 0.15) is 23.8 Å². The molecule has 0 bridgehead atoms. The minimum atomic E-state index is -1.32. The van der Waals surface area contributed by atoms with Crippen molar-refractivity contribution in [3.63, 3.8) is 0 Å². The van der Waals surface area contributed by atoms with Crippen LogP contribution in [0, 0.1) is 11.8 Å². The standard InChI is InChI=1S/C13H24N2O4/c1-7(2)9(14)11(17)8(6-16)10(15)12(18)19-13(3,4)5/h6-10H,14-15H2,1-5H3/t8-,9?,10?/m1/s1. The molecule has 0 spiro atoms. The average molecular weight is 272 g/mol. The van der Waals surface area contributed by atoms with Crippen LogP contribution in [-0.4, -0.2) is 35.7 Å². The number of Topliss-reactive ketones (excluding diaryl/α,β-unsaturated/α-hetero) is 1. The first-order valence-corrected chi connectivity index (χ1v) is 6.24. The lowest BCUT2D eigenvalue weighted by molar-refractivity contribution is -0.160. The monoisotopic (exact) mass is 272 g/mol. The summed E-state index contributed by atoms with van der Waals surface area (Å²) in [6.45, 7) is 8.53. The first-order valence-electron chi connectivity index (χ1n) is 6.24. The third-order valence-corrected chi connectivity index (χ3v) is 2.59. The van der Waals surface area contributed by atoms with Crippen LogP contribution in [0.25, 0.3) is 0 Å². The largest absolute Gasteiger partial charge is 0.459 e. The van der Waals surface area contributed by atoms with E-state index in [1.807, 2.05) is 0 Å². The van der Waals surface area contributed by atoms with Crippen molar-refractivity contribution in [1.82, 2.24) is 0 Å². The fourth-order valence-corrected chi connectivity index (χ4v) is 1.40. The van der Waals surface area contributed by atoms with Gasteiger partial charge in [-0.15, -0.1) is 0 Å². The summed E-state index contributed by atoms with van der Waals surface area (Å²) in [6.07, 6.45) is 0.360. The lowest BCUT2D eigenvalue weighted by Crippen LogP contribution is -2.51. The third kappa shape index (κ3) is 5.48. The number of carbonyl (C=O) groups excluding carboxylic acids is 3. The zero-order valence-electron chi connectivity index (χ0n) is 12.2. The number of aldehydes is 1. The molecule has 0 aliphatic carbocycles. The van der Waals surface area contributed by atoms with Gasteiger partial charge in [0.05, 0.1) is 6.04 Å². The Labute approximate surface area is 113 Å². The quantitative estimate of drug-likeness (QED) is 0.400. The molecule has 0 fully saturated rings. The zero-order valence-corrected chi connectivity index (χ0v) is 12.2. The smallest absolute Gasteiger partial charge is 0.324 e. The summed E-state index contributed by atoms with van der Waals surface area (Å²) in [7, 11) is 0. The average Bonchev–Trinajstić information content (AvgIpc) is 2.25. The highest BCUT2D eigenvalue weighted by Crippen LogP contribution is 2.13. The van der Waals surface area contributed by atoms with Gasteiger partial charge in [0.15, 0.2) is 5.78 Å². The number of ketones is 1. The molecule has 0 rings (SSSR count). The molecule has 0 saturated heterocycles. The summed E-state index contributed by atoms with van der Waals surface area (Å²) in [5.41, 5.74) is 10.6. The molecule has 0 radical (unpaired) electrons. The fourth-order valence-electron chi connectivity index (χ4n) is 1.40. The molecule has 0 amide bonds. The Morgan fingerprint density at radius 1 is 1.11 bits per heavy atom. The van der Waals surface area contributed by atoms with Crippen molar-refractivity contribution in [3.8, 4) is 0 Å². The second-order valence-corrected chi connectivity index (χ2v) is 5.89. The Hall–Kier alpha value is -1.27. The molecule has 0 aromatic carbocycles. The summed E-state index contributed by atoms with van der Waals surface area (Å²) in [5, 5.41) is 0. The van der Waals surface area contributed by atoms with Gasteiger partial charge in [-0.25, -0.2) is 0 Å². The molecule has 110 valence electrons. The van der Waals surface area contributed by atoms with Crippen molar-refractivity contribution in [1.29, 1.82) is 0 Å². The molecule has 0 aliphatic rings. The van der Waals surface area contributed by atoms with E-state index in [2.05, 4.69) is 0 Å². The molecule has 2 unspecified atom stereocenters. The SMILES string of the molecule is CC(C)C(N)C(=O)[C@H](C=O)C(N)C(=O)OC(C)(C)C. The molecule has 0 aromatic rings. The molecule has 4 N–H and O–H groups in total. The van der Waals surface area contributed by atoms with Crippen LogP contribution < -0.4 is 11.5 Å². The lowest BCUT2D eigenvalue weighted by Gasteiger charge is -2.25. The third-order valence-electron chi connectivity index (χ3n) is 2.59. The number of carbonyl (C=O) groups is 3. The minimum Gasteiger partial charge on any atom is -0.459 e. The minimum absolute atomic E-state index is 0.138. The van der Waals surface area contributed by atoms with Crippen molar-refractivity contribution >= 4 is 18.0 Å². The van der Waals surface area contributed by atoms with Crippen molar-refractivity contribution in [2.45, 2.75) is 52.3 Å². The van der Waals surface area contributed by atoms with Crippen molar-refractivity contribution in [3.05, 3.63) is 0 Å². The van der Waals surface area contributed by atoms with Gasteiger partial charge < -0.3 is 21.0 Å². The predicted octanol–water partition coefficient (Wildman–Crippen LogP) is 0.0229. The van der Waals surface area contributed by atoms with Gasteiger partial charge in [-0.2, -0.15) is 0 Å². The first kappa shape index (κ1) is 17.7. The summed E-state index contributed by atoms with van der Waals surface area (Å²) >= 11 is 0. The van der Waals surface area contributed by atoms with Gasteiger partial charge in [-0.1, -0.05) is 13.8 Å². The summed E-state index contributed by atoms with van der Waals surface area (Å²) in [6, 6.07) is -2.15. The van der Waals surface area contributed by atoms with Crippen LogP contribution in [0.15, 0.2) is 0 Å². The van der Waals surface area contributed by atoms with E-state index in [4.69, 9.17) is 16.2 Å². The van der Waals surface area contributed by atoms with Gasteiger partial charge in [-0.05, 0) is 26.7 Å². The molecule has 19 heavy (non-hydrogen) atoms. The van der Waals surface area contributed by atoms with Crippen LogP contribution in [-0.2, 0) is 19.1 Å². The van der Waals surface area contributed by atoms with Crippen molar-refractivity contribution in [2.24, 2.45) is 23.3 Å². The lowest BCUT2D eigenvalue weighted by atomic mass is 9.88. The molecule has 0 heterocycles. The number of esters is 1. The summed E-state index contributed by atoms with van der Waals surface area (Å²) < 4.78 is 5.06. The molecular formula is C13H24N2O4. The van der Waals surface area contributed by atoms with E-state index in [1.165, 1.54) is 0 Å². The van der Waals surface area contributed by atoms with E-state index in [-0.39, 0.29) is 5.92 Å². The molecular weight excluding hydrogens is 248 g/mol. The topological polar surface area (TPSA) is 112 Å². The highest BCUT2D eigenvalue weighted by Gasteiger charge is 2.36. The van der Waals surface area contributed by atoms with Crippen LogP contribution in [0.1, 0.15) is 34.6 Å². The fraction of sp³-hybridized carbons (Fsp3) is 0.769. The van der Waals surface area contributed by atoms with Gasteiger partial charge >= 0.3 is 5.97 Å². The Kier molecular flexibility index (Phi) is 6.32. The second-order valence-electron chi connectivity index (χ2n) is 5.89. The van der Waals surface area contributed by atoms with Crippen molar-refractivity contribution < 1.29 is 19.1 Å². The Morgan fingerprint density at radius 2 is 1.58 bits per heavy atom. The Balaban J connectivity index is 4.91. The van der Waals surface area contributed by atoms with Gasteiger partial charge in [0.2, 0.25) is 0 Å². The number of hydrogen-bond acceptors (Lipinski definition) is 6. The number of hydrogen-bond donors (Lipinski definition) is 2. The highest BCUT2D eigenvalue weighted by molar-refractivity contribution is 6.01. The molecule has 3 atom stereocenters. The van der Waals surface area contributed by atoms with Gasteiger partial charge in [-0.3, -0.25) is 9.59 Å². The second kappa shape index (κ2) is 6.77. The normalized spacial score (nSPS) is 16.6. The van der Waals surface area contributed by atoms with Gasteiger partial charge in [0.25, 0.3) is 0 Å². The van der Waals surface area contributed by atoms with E-state index < -0.39 is 35.4 Å². The van der Waals surface area contributed by atoms with Crippen LogP contribution >= 0.6 is 0 Å². The summed E-state index contributed by atoms with van der Waals surface area (Å²) in [4.78, 5) is 34.8. The predicted molar refractivity (Wildman–Crippen MR) is 71.2 cm³/mol. The number of rotatable bonds is 6. The molecule has 6 nitrogen and oxygen atoms in total. The first-order chi connectivity index (χ1) is 8.51. The molecule has 0 aromatic heterocycles. The Morgan fingerprint density at radius 3 is 1.89 bits per heavy atom. The van der Waals surface area contributed by atoms with E-state index in [0.29, 0.717) is 6.29 Å². The maximum absolute atomic E-state index is 12.0. The number of nitrogens with two attached hydrogens (primary N) is 2. The van der Waals surface area contributed by atoms with Crippen LogP contribution in [0.2, 0.25) is 0 Å². The molecule has 0 saturated carbocycles. The maximum atomic E-state index is 12.0. The van der Waals surface area contributed by atoms with Gasteiger partial charge in [0, 0.05) is 0 Å².